The standard InChI is InChI=1S/C19H16N4OS3/c1-24-15-9-7-14(8-10-15)21-18-22-23-19(27-18)25-12-16-11-20-17(26-16)13-5-3-2-4-6-13/h2-11H,12H2,1H3,(H,21,22). The molecule has 1 N–H and O–H groups in total. The van der Waals surface area contributed by atoms with Crippen LogP contribution in [0.2, 0.25) is 0 Å². The Kier molecular flexibility index (Phi) is 5.66. The van der Waals surface area contributed by atoms with Crippen LogP contribution in [0.5, 0.6) is 5.75 Å². The van der Waals surface area contributed by atoms with Crippen molar-refractivity contribution in [2.24, 2.45) is 0 Å². The number of hydrogen-bond donors (Lipinski definition) is 1. The number of thioether (sulfide) groups is 1. The summed E-state index contributed by atoms with van der Waals surface area (Å²) >= 11 is 4.93. The van der Waals surface area contributed by atoms with Crippen molar-refractivity contribution in [3.63, 3.8) is 0 Å². The zero-order valence-corrected chi connectivity index (χ0v) is 16.9. The van der Waals surface area contributed by atoms with Gasteiger partial charge in [-0.15, -0.1) is 21.5 Å². The molecule has 0 aliphatic carbocycles. The van der Waals surface area contributed by atoms with Crippen LogP contribution < -0.4 is 10.1 Å². The lowest BCUT2D eigenvalue weighted by Crippen LogP contribution is -1.89. The van der Waals surface area contributed by atoms with E-state index in [1.165, 1.54) is 4.88 Å². The maximum absolute atomic E-state index is 5.17. The number of ether oxygens (including phenoxy) is 1. The highest BCUT2D eigenvalue weighted by atomic mass is 32.2. The molecule has 0 spiro atoms. The molecule has 0 aliphatic rings. The van der Waals surface area contributed by atoms with E-state index in [4.69, 9.17) is 4.74 Å². The summed E-state index contributed by atoms with van der Waals surface area (Å²) in [5.74, 6) is 1.66. The number of thiazole rings is 1. The molecular formula is C19H16N4OS3. The third-order valence-electron chi connectivity index (χ3n) is 3.66. The summed E-state index contributed by atoms with van der Waals surface area (Å²) in [7, 11) is 1.66. The van der Waals surface area contributed by atoms with Crippen LogP contribution in [0.15, 0.2) is 65.1 Å². The highest BCUT2D eigenvalue weighted by Crippen LogP contribution is 2.33. The van der Waals surface area contributed by atoms with Gasteiger partial charge in [-0.3, -0.25) is 0 Å². The van der Waals surface area contributed by atoms with Crippen molar-refractivity contribution < 1.29 is 4.74 Å². The Bertz CT molecular complexity index is 999. The lowest BCUT2D eigenvalue weighted by molar-refractivity contribution is 0.415. The molecule has 0 atom stereocenters. The number of aromatic nitrogens is 3. The van der Waals surface area contributed by atoms with Crippen LogP contribution in [0.3, 0.4) is 0 Å². The van der Waals surface area contributed by atoms with Gasteiger partial charge in [0.25, 0.3) is 0 Å². The van der Waals surface area contributed by atoms with Gasteiger partial charge in [0, 0.05) is 28.1 Å². The van der Waals surface area contributed by atoms with Gasteiger partial charge < -0.3 is 10.1 Å². The number of benzene rings is 2. The zero-order valence-electron chi connectivity index (χ0n) is 14.5. The molecule has 0 bridgehead atoms. The maximum atomic E-state index is 5.17. The number of anilines is 2. The van der Waals surface area contributed by atoms with E-state index >= 15 is 0 Å². The van der Waals surface area contributed by atoms with Gasteiger partial charge in [-0.05, 0) is 24.3 Å². The lowest BCUT2D eigenvalue weighted by Gasteiger charge is -2.03. The number of hydrogen-bond acceptors (Lipinski definition) is 8. The number of nitrogens with zero attached hydrogens (tertiary/aromatic N) is 3. The second kappa shape index (κ2) is 8.51. The van der Waals surface area contributed by atoms with E-state index in [0.717, 1.165) is 37.2 Å². The Morgan fingerprint density at radius 2 is 1.81 bits per heavy atom. The average Bonchev–Trinajstić information content (AvgIpc) is 3.37. The van der Waals surface area contributed by atoms with Crippen molar-refractivity contribution in [3.05, 3.63) is 65.7 Å². The van der Waals surface area contributed by atoms with E-state index in [0.29, 0.717) is 0 Å². The van der Waals surface area contributed by atoms with E-state index < -0.39 is 0 Å². The van der Waals surface area contributed by atoms with E-state index in [-0.39, 0.29) is 0 Å². The quantitative estimate of drug-likeness (QED) is 0.393. The molecule has 2 aromatic carbocycles. The fourth-order valence-corrected chi connectivity index (χ4v) is 5.05. The second-order valence-corrected chi connectivity index (χ2v) is 8.83. The molecule has 0 unspecified atom stereocenters. The summed E-state index contributed by atoms with van der Waals surface area (Å²) < 4.78 is 6.10. The lowest BCUT2D eigenvalue weighted by atomic mass is 10.2. The van der Waals surface area contributed by atoms with Crippen LogP contribution in [-0.2, 0) is 5.75 Å². The van der Waals surface area contributed by atoms with Gasteiger partial charge >= 0.3 is 0 Å². The van der Waals surface area contributed by atoms with E-state index in [2.05, 4.69) is 32.6 Å². The van der Waals surface area contributed by atoms with E-state index in [1.54, 1.807) is 41.5 Å². The zero-order chi connectivity index (χ0) is 18.5. The number of nitrogens with one attached hydrogen (secondary N) is 1. The minimum Gasteiger partial charge on any atom is -0.497 e. The van der Waals surface area contributed by atoms with Gasteiger partial charge in [-0.1, -0.05) is 53.4 Å². The average molecular weight is 413 g/mol. The van der Waals surface area contributed by atoms with Gasteiger partial charge in [-0.25, -0.2) is 4.98 Å². The smallest absolute Gasteiger partial charge is 0.210 e. The molecule has 0 saturated carbocycles. The Morgan fingerprint density at radius 3 is 2.59 bits per heavy atom. The molecule has 5 nitrogen and oxygen atoms in total. The molecule has 0 fully saturated rings. The molecule has 0 saturated heterocycles. The van der Waals surface area contributed by atoms with Crippen molar-refractivity contribution in [2.45, 2.75) is 10.1 Å². The second-order valence-electron chi connectivity index (χ2n) is 5.51. The third-order valence-corrected chi connectivity index (χ3v) is 6.91. The van der Waals surface area contributed by atoms with Gasteiger partial charge in [0.15, 0.2) is 4.34 Å². The van der Waals surface area contributed by atoms with Crippen molar-refractivity contribution in [3.8, 4) is 16.3 Å². The molecule has 2 heterocycles. The Balaban J connectivity index is 1.35. The van der Waals surface area contributed by atoms with Gasteiger partial charge in [-0.2, -0.15) is 0 Å². The predicted molar refractivity (Wildman–Crippen MR) is 113 cm³/mol. The molecule has 0 amide bonds. The highest BCUT2D eigenvalue weighted by molar-refractivity contribution is 8.00. The van der Waals surface area contributed by atoms with Crippen molar-refractivity contribution >= 4 is 45.3 Å². The monoisotopic (exact) mass is 412 g/mol. The fraction of sp³-hybridized carbons (Fsp3) is 0.105. The molecular weight excluding hydrogens is 396 g/mol. The topological polar surface area (TPSA) is 59.9 Å². The third kappa shape index (κ3) is 4.65. The summed E-state index contributed by atoms with van der Waals surface area (Å²) in [6.45, 7) is 0. The van der Waals surface area contributed by atoms with Crippen molar-refractivity contribution in [1.29, 1.82) is 0 Å². The van der Waals surface area contributed by atoms with E-state index in [9.17, 15) is 0 Å². The largest absolute Gasteiger partial charge is 0.497 e. The van der Waals surface area contributed by atoms with Crippen molar-refractivity contribution in [2.75, 3.05) is 12.4 Å². The molecule has 4 rings (SSSR count). The Labute approximate surface area is 169 Å². The minimum absolute atomic E-state index is 0.775. The van der Waals surface area contributed by atoms with Crippen LogP contribution in [0.1, 0.15) is 4.88 Å². The van der Waals surface area contributed by atoms with Crippen LogP contribution in [0.25, 0.3) is 10.6 Å². The molecule has 27 heavy (non-hydrogen) atoms. The molecule has 8 heteroatoms. The first-order valence-electron chi connectivity index (χ1n) is 8.17. The number of methoxy groups -OCH3 is 1. The minimum atomic E-state index is 0.775. The van der Waals surface area contributed by atoms with Crippen LogP contribution in [-0.4, -0.2) is 22.3 Å². The van der Waals surface area contributed by atoms with Gasteiger partial charge in [0.1, 0.15) is 10.8 Å². The Morgan fingerprint density at radius 1 is 1.00 bits per heavy atom. The normalized spacial score (nSPS) is 10.7. The van der Waals surface area contributed by atoms with Crippen LogP contribution in [0, 0.1) is 0 Å². The first kappa shape index (κ1) is 18.0. The number of rotatable bonds is 7. The van der Waals surface area contributed by atoms with Crippen LogP contribution in [0.4, 0.5) is 10.8 Å². The summed E-state index contributed by atoms with van der Waals surface area (Å²) in [4.78, 5) is 5.74. The summed E-state index contributed by atoms with van der Waals surface area (Å²) in [5.41, 5.74) is 2.11. The molecule has 136 valence electrons. The van der Waals surface area contributed by atoms with Gasteiger partial charge in [0.2, 0.25) is 5.13 Å². The fourth-order valence-electron chi connectivity index (χ4n) is 2.34. The first-order valence-corrected chi connectivity index (χ1v) is 10.8. The van der Waals surface area contributed by atoms with Gasteiger partial charge in [0.05, 0.1) is 7.11 Å². The first-order chi connectivity index (χ1) is 13.3. The summed E-state index contributed by atoms with van der Waals surface area (Å²) in [5, 5.41) is 13.6. The molecule has 0 radical (unpaired) electrons. The molecule has 2 aromatic heterocycles. The summed E-state index contributed by atoms with van der Waals surface area (Å²) in [6, 6.07) is 18.0. The molecule has 4 aromatic rings. The van der Waals surface area contributed by atoms with Crippen LogP contribution >= 0.6 is 34.4 Å². The highest BCUT2D eigenvalue weighted by Gasteiger charge is 2.09. The summed E-state index contributed by atoms with van der Waals surface area (Å²) in [6.07, 6.45) is 1.94. The maximum Gasteiger partial charge on any atom is 0.210 e. The SMILES string of the molecule is COc1ccc(Nc2nnc(SCc3cnc(-c4ccccc4)s3)s2)cc1. The van der Waals surface area contributed by atoms with Crippen molar-refractivity contribution in [1.82, 2.24) is 15.2 Å². The molecule has 0 aliphatic heterocycles. The Hall–Kier alpha value is -2.42. The van der Waals surface area contributed by atoms with E-state index in [1.807, 2.05) is 48.7 Å². The predicted octanol–water partition coefficient (Wildman–Crippen LogP) is 5.71.